The van der Waals surface area contributed by atoms with Gasteiger partial charge in [0.05, 0.1) is 5.69 Å². The van der Waals surface area contributed by atoms with Crippen molar-refractivity contribution in [3.63, 3.8) is 0 Å². The standard InChI is InChI=1S/C20H15ClN2O3S/c1-2-10-26-17-9-8-14(21)11-13(17)12-16-18(24)22-20(27)23(19(16)25)15-6-4-3-5-7-15/h2-9,11-12H,1,10H2,(H,22,24,27)/b16-12-. The number of ether oxygens (including phenoxy) is 1. The molecule has 3 rings (SSSR count). The van der Waals surface area contributed by atoms with Gasteiger partial charge in [-0.15, -0.1) is 0 Å². The molecule has 1 heterocycles. The molecular formula is C20H15ClN2O3S. The predicted octanol–water partition coefficient (Wildman–Crippen LogP) is 3.74. The zero-order valence-corrected chi connectivity index (χ0v) is 15.7. The molecule has 0 atom stereocenters. The SMILES string of the molecule is C=CCOc1ccc(Cl)cc1/C=C1/C(=O)NC(=S)N(c2ccccc2)C1=O. The van der Waals surface area contributed by atoms with Gasteiger partial charge in [0.15, 0.2) is 5.11 Å². The molecule has 5 nitrogen and oxygen atoms in total. The van der Waals surface area contributed by atoms with Gasteiger partial charge in [-0.3, -0.25) is 19.8 Å². The summed E-state index contributed by atoms with van der Waals surface area (Å²) in [5.41, 5.74) is 0.995. The van der Waals surface area contributed by atoms with Gasteiger partial charge in [0.25, 0.3) is 11.8 Å². The number of hydrogen-bond acceptors (Lipinski definition) is 4. The quantitative estimate of drug-likeness (QED) is 0.361. The Bertz CT molecular complexity index is 957. The van der Waals surface area contributed by atoms with Crippen molar-refractivity contribution < 1.29 is 14.3 Å². The number of para-hydroxylation sites is 1. The number of nitrogens with zero attached hydrogens (tertiary/aromatic N) is 1. The summed E-state index contributed by atoms with van der Waals surface area (Å²) in [6.07, 6.45) is 3.04. The Morgan fingerprint density at radius 1 is 1.19 bits per heavy atom. The van der Waals surface area contributed by atoms with Crippen molar-refractivity contribution in [2.24, 2.45) is 0 Å². The molecule has 2 amide bonds. The molecule has 0 saturated carbocycles. The molecule has 2 aromatic rings. The Kier molecular flexibility index (Phi) is 5.69. The van der Waals surface area contributed by atoms with E-state index in [-0.39, 0.29) is 17.3 Å². The summed E-state index contributed by atoms with van der Waals surface area (Å²) in [6.45, 7) is 3.88. The van der Waals surface area contributed by atoms with Gasteiger partial charge in [0, 0.05) is 10.6 Å². The summed E-state index contributed by atoms with van der Waals surface area (Å²) < 4.78 is 5.58. The third kappa shape index (κ3) is 4.07. The minimum Gasteiger partial charge on any atom is -0.489 e. The minimum absolute atomic E-state index is 0.0302. The van der Waals surface area contributed by atoms with E-state index in [1.165, 1.54) is 11.0 Å². The van der Waals surface area contributed by atoms with E-state index in [1.807, 2.05) is 6.07 Å². The van der Waals surface area contributed by atoms with Crippen LogP contribution in [0.3, 0.4) is 0 Å². The summed E-state index contributed by atoms with van der Waals surface area (Å²) in [7, 11) is 0. The largest absolute Gasteiger partial charge is 0.489 e. The van der Waals surface area contributed by atoms with E-state index in [1.54, 1.807) is 48.5 Å². The van der Waals surface area contributed by atoms with E-state index in [2.05, 4.69) is 11.9 Å². The van der Waals surface area contributed by atoms with Gasteiger partial charge in [-0.2, -0.15) is 0 Å². The first-order valence-electron chi connectivity index (χ1n) is 8.01. The predicted molar refractivity (Wildman–Crippen MR) is 110 cm³/mol. The van der Waals surface area contributed by atoms with E-state index in [9.17, 15) is 9.59 Å². The molecule has 1 fully saturated rings. The van der Waals surface area contributed by atoms with Gasteiger partial charge in [0.2, 0.25) is 0 Å². The second kappa shape index (κ2) is 8.16. The molecule has 1 aliphatic rings. The van der Waals surface area contributed by atoms with Crippen LogP contribution in [-0.2, 0) is 9.59 Å². The number of thiocarbonyl (C=S) groups is 1. The molecule has 0 radical (unpaired) electrons. The highest BCUT2D eigenvalue weighted by Gasteiger charge is 2.34. The van der Waals surface area contributed by atoms with Crippen molar-refractivity contribution >= 4 is 52.5 Å². The van der Waals surface area contributed by atoms with Crippen LogP contribution in [-0.4, -0.2) is 23.5 Å². The molecular weight excluding hydrogens is 384 g/mol. The molecule has 2 aromatic carbocycles. The second-order valence-electron chi connectivity index (χ2n) is 5.58. The molecule has 0 bridgehead atoms. The molecule has 1 N–H and O–H groups in total. The van der Waals surface area contributed by atoms with Crippen LogP contribution in [0, 0.1) is 0 Å². The molecule has 0 unspecified atom stereocenters. The van der Waals surface area contributed by atoms with Crippen LogP contribution < -0.4 is 15.0 Å². The number of halogens is 1. The molecule has 0 aromatic heterocycles. The van der Waals surface area contributed by atoms with E-state index < -0.39 is 11.8 Å². The highest BCUT2D eigenvalue weighted by Crippen LogP contribution is 2.28. The number of nitrogens with one attached hydrogen (secondary N) is 1. The Hall–Kier alpha value is -2.96. The highest BCUT2D eigenvalue weighted by molar-refractivity contribution is 7.80. The smallest absolute Gasteiger partial charge is 0.270 e. The lowest BCUT2D eigenvalue weighted by Crippen LogP contribution is -2.54. The first kappa shape index (κ1) is 18.8. The average molecular weight is 399 g/mol. The first-order valence-corrected chi connectivity index (χ1v) is 8.79. The summed E-state index contributed by atoms with van der Waals surface area (Å²) in [4.78, 5) is 26.7. The van der Waals surface area contributed by atoms with Gasteiger partial charge in [-0.1, -0.05) is 42.5 Å². The molecule has 27 heavy (non-hydrogen) atoms. The van der Waals surface area contributed by atoms with Crippen molar-refractivity contribution in [3.8, 4) is 5.75 Å². The lowest BCUT2D eigenvalue weighted by Gasteiger charge is -2.29. The second-order valence-corrected chi connectivity index (χ2v) is 6.40. The number of carbonyl (C=O) groups excluding carboxylic acids is 2. The Morgan fingerprint density at radius 3 is 2.63 bits per heavy atom. The maximum Gasteiger partial charge on any atom is 0.270 e. The number of benzene rings is 2. The Balaban J connectivity index is 2.03. The Labute approximate surface area is 166 Å². The molecule has 1 aliphatic heterocycles. The van der Waals surface area contributed by atoms with Crippen molar-refractivity contribution in [1.29, 1.82) is 0 Å². The van der Waals surface area contributed by atoms with E-state index in [0.29, 0.717) is 22.0 Å². The average Bonchev–Trinajstić information content (AvgIpc) is 2.65. The summed E-state index contributed by atoms with van der Waals surface area (Å²) in [5, 5.41) is 3.03. The Morgan fingerprint density at radius 2 is 1.93 bits per heavy atom. The number of hydrogen-bond donors (Lipinski definition) is 1. The van der Waals surface area contributed by atoms with Gasteiger partial charge in [-0.05, 0) is 48.6 Å². The van der Waals surface area contributed by atoms with Crippen LogP contribution in [0.1, 0.15) is 5.56 Å². The van der Waals surface area contributed by atoms with E-state index in [0.717, 1.165) is 0 Å². The van der Waals surface area contributed by atoms with Crippen molar-refractivity contribution in [1.82, 2.24) is 5.32 Å². The third-order valence-corrected chi connectivity index (χ3v) is 4.26. The van der Waals surface area contributed by atoms with Crippen LogP contribution in [0.15, 0.2) is 66.8 Å². The van der Waals surface area contributed by atoms with Crippen LogP contribution in [0.4, 0.5) is 5.69 Å². The number of amides is 2. The molecule has 136 valence electrons. The van der Waals surface area contributed by atoms with Crippen LogP contribution in [0.2, 0.25) is 5.02 Å². The fourth-order valence-corrected chi connectivity index (χ4v) is 3.00. The van der Waals surface area contributed by atoms with Crippen LogP contribution in [0.25, 0.3) is 6.08 Å². The fraction of sp³-hybridized carbons (Fsp3) is 0.0500. The van der Waals surface area contributed by atoms with Crippen LogP contribution in [0.5, 0.6) is 5.75 Å². The van der Waals surface area contributed by atoms with Crippen molar-refractivity contribution in [2.45, 2.75) is 0 Å². The summed E-state index contributed by atoms with van der Waals surface area (Å²) >= 11 is 11.2. The third-order valence-electron chi connectivity index (χ3n) is 3.74. The lowest BCUT2D eigenvalue weighted by atomic mass is 10.1. The normalized spacial score (nSPS) is 15.7. The molecule has 7 heteroatoms. The number of rotatable bonds is 5. The monoisotopic (exact) mass is 398 g/mol. The zero-order valence-electron chi connectivity index (χ0n) is 14.1. The summed E-state index contributed by atoms with van der Waals surface area (Å²) in [5.74, 6) is -0.622. The maximum absolute atomic E-state index is 13.0. The molecule has 0 spiro atoms. The van der Waals surface area contributed by atoms with Crippen LogP contribution >= 0.6 is 23.8 Å². The van der Waals surface area contributed by atoms with Crippen molar-refractivity contribution in [3.05, 3.63) is 77.3 Å². The van der Waals surface area contributed by atoms with E-state index in [4.69, 9.17) is 28.6 Å². The lowest BCUT2D eigenvalue weighted by molar-refractivity contribution is -0.122. The molecule has 1 saturated heterocycles. The minimum atomic E-state index is -0.577. The number of anilines is 1. The van der Waals surface area contributed by atoms with Gasteiger partial charge >= 0.3 is 0 Å². The summed E-state index contributed by atoms with van der Waals surface area (Å²) in [6, 6.07) is 13.8. The molecule has 0 aliphatic carbocycles. The topological polar surface area (TPSA) is 58.6 Å². The highest BCUT2D eigenvalue weighted by atomic mass is 35.5. The van der Waals surface area contributed by atoms with E-state index >= 15 is 0 Å². The maximum atomic E-state index is 13.0. The van der Waals surface area contributed by atoms with Gasteiger partial charge in [0.1, 0.15) is 17.9 Å². The number of carbonyl (C=O) groups is 2. The van der Waals surface area contributed by atoms with Gasteiger partial charge in [-0.25, -0.2) is 0 Å². The first-order chi connectivity index (χ1) is 13.0. The van der Waals surface area contributed by atoms with Crippen molar-refractivity contribution in [2.75, 3.05) is 11.5 Å². The van der Waals surface area contributed by atoms with Gasteiger partial charge < -0.3 is 4.74 Å². The fourth-order valence-electron chi connectivity index (χ4n) is 2.54. The zero-order chi connectivity index (χ0) is 19.4.